The van der Waals surface area contributed by atoms with Gasteiger partial charge >= 0.3 is 0 Å². The third-order valence-electron chi connectivity index (χ3n) is 2.81. The molecule has 0 aliphatic rings. The van der Waals surface area contributed by atoms with Gasteiger partial charge in [-0.1, -0.05) is 45.9 Å². The maximum atomic E-state index is 12.0. The lowest BCUT2D eigenvalue weighted by Gasteiger charge is -2.21. The summed E-state index contributed by atoms with van der Waals surface area (Å²) >= 11 is 4.42. The molecule has 0 saturated heterocycles. The fraction of sp³-hybridized carbons (Fsp3) is 0.0667. The van der Waals surface area contributed by atoms with E-state index >= 15 is 0 Å². The number of nitrogens with zero attached hydrogens (tertiary/aromatic N) is 2. The second-order valence-electron chi connectivity index (χ2n) is 4.46. The Morgan fingerprint density at radius 1 is 1.30 bits per heavy atom. The Bertz CT molecular complexity index is 720. The van der Waals surface area contributed by atoms with Gasteiger partial charge in [0.05, 0.1) is 17.1 Å². The number of thioether (sulfide) groups is 1. The van der Waals surface area contributed by atoms with Gasteiger partial charge in [0.1, 0.15) is 0 Å². The molecule has 0 aliphatic carbocycles. The lowest BCUT2D eigenvalue weighted by molar-refractivity contribution is 0.102. The number of aliphatic imine (C=N–C) groups is 1. The summed E-state index contributed by atoms with van der Waals surface area (Å²) in [7, 11) is 0. The Kier molecular flexibility index (Phi) is 6.17. The van der Waals surface area contributed by atoms with Crippen molar-refractivity contribution >= 4 is 50.0 Å². The van der Waals surface area contributed by atoms with Gasteiger partial charge in [-0.15, -0.1) is 0 Å². The van der Waals surface area contributed by atoms with Crippen molar-refractivity contribution in [3.8, 4) is 0 Å². The van der Waals surface area contributed by atoms with Crippen LogP contribution in [0.5, 0.6) is 0 Å². The van der Waals surface area contributed by atoms with Crippen LogP contribution in [0.15, 0.2) is 58.0 Å². The smallest absolute Gasteiger partial charge is 0.173 e. The van der Waals surface area contributed by atoms with Crippen molar-refractivity contribution < 1.29 is 10.0 Å². The maximum Gasteiger partial charge on any atom is 0.173 e. The molecule has 2 rings (SSSR count). The number of ketones is 1. The SMILES string of the molecule is NC(=Nc1cccc(N([O-])O)c1)SCC(=O)c1ccc(Br)cc1. The van der Waals surface area contributed by atoms with Crippen LogP contribution in [0.4, 0.5) is 11.4 Å². The van der Waals surface area contributed by atoms with E-state index in [9.17, 15) is 10.0 Å². The van der Waals surface area contributed by atoms with Crippen molar-refractivity contribution in [2.75, 3.05) is 11.0 Å². The minimum Gasteiger partial charge on any atom is -0.733 e. The van der Waals surface area contributed by atoms with Crippen molar-refractivity contribution in [1.82, 2.24) is 0 Å². The molecule has 2 aromatic carbocycles. The molecule has 23 heavy (non-hydrogen) atoms. The third-order valence-corrected chi connectivity index (χ3v) is 4.13. The highest BCUT2D eigenvalue weighted by Gasteiger charge is 2.07. The molecule has 0 aromatic heterocycles. The van der Waals surface area contributed by atoms with Crippen LogP contribution in [0.2, 0.25) is 0 Å². The molecule has 0 unspecified atom stereocenters. The zero-order valence-corrected chi connectivity index (χ0v) is 14.3. The molecular formula is C15H13BrN3O3S-. The molecule has 0 heterocycles. The lowest BCUT2D eigenvalue weighted by Crippen LogP contribution is -2.11. The average Bonchev–Trinajstić information content (AvgIpc) is 2.53. The highest BCUT2D eigenvalue weighted by Crippen LogP contribution is 2.21. The first-order chi connectivity index (χ1) is 11.0. The van der Waals surface area contributed by atoms with E-state index in [-0.39, 0.29) is 27.6 Å². The summed E-state index contributed by atoms with van der Waals surface area (Å²) < 4.78 is 0.902. The van der Waals surface area contributed by atoms with Crippen LogP contribution in [0.25, 0.3) is 0 Å². The maximum absolute atomic E-state index is 12.0. The fourth-order valence-electron chi connectivity index (χ4n) is 1.70. The summed E-state index contributed by atoms with van der Waals surface area (Å²) in [4.78, 5) is 16.1. The normalized spacial score (nSPS) is 11.3. The molecule has 120 valence electrons. The summed E-state index contributed by atoms with van der Waals surface area (Å²) in [6, 6.07) is 13.1. The van der Waals surface area contributed by atoms with E-state index in [1.807, 2.05) is 0 Å². The molecule has 0 bridgehead atoms. The number of hydrogen-bond acceptors (Lipinski definition) is 6. The lowest BCUT2D eigenvalue weighted by atomic mass is 10.2. The molecular weight excluding hydrogens is 382 g/mol. The van der Waals surface area contributed by atoms with Crippen molar-refractivity contribution in [2.24, 2.45) is 10.7 Å². The van der Waals surface area contributed by atoms with Gasteiger partial charge in [-0.3, -0.25) is 10.0 Å². The van der Waals surface area contributed by atoms with Crippen LogP contribution < -0.4 is 11.0 Å². The van der Waals surface area contributed by atoms with Crippen LogP contribution in [-0.2, 0) is 0 Å². The van der Waals surface area contributed by atoms with Gasteiger partial charge in [0.15, 0.2) is 11.0 Å². The molecule has 3 N–H and O–H groups in total. The molecule has 0 spiro atoms. The van der Waals surface area contributed by atoms with Crippen LogP contribution in [0, 0.1) is 5.21 Å². The highest BCUT2D eigenvalue weighted by molar-refractivity contribution is 9.10. The molecule has 0 aliphatic heterocycles. The molecule has 0 radical (unpaired) electrons. The van der Waals surface area contributed by atoms with E-state index in [1.165, 1.54) is 12.1 Å². The first-order valence-corrected chi connectivity index (χ1v) is 8.25. The predicted octanol–water partition coefficient (Wildman–Crippen LogP) is 3.70. The minimum absolute atomic E-state index is 0.0509. The average molecular weight is 395 g/mol. The Morgan fingerprint density at radius 3 is 2.65 bits per heavy atom. The molecule has 6 nitrogen and oxygen atoms in total. The van der Waals surface area contributed by atoms with E-state index in [1.54, 1.807) is 36.4 Å². The first-order valence-electron chi connectivity index (χ1n) is 6.47. The van der Waals surface area contributed by atoms with Crippen LogP contribution in [-0.4, -0.2) is 21.9 Å². The summed E-state index contributed by atoms with van der Waals surface area (Å²) in [5.74, 6) is 0.0974. The number of benzene rings is 2. The number of carbonyl (C=O) groups excluding carboxylic acids is 1. The summed E-state index contributed by atoms with van der Waals surface area (Å²) in [6.45, 7) is 0. The minimum atomic E-state index is -0.251. The van der Waals surface area contributed by atoms with Gasteiger partial charge in [-0.25, -0.2) is 4.99 Å². The van der Waals surface area contributed by atoms with Crippen LogP contribution in [0.1, 0.15) is 10.4 Å². The number of nitrogens with two attached hydrogens (primary N) is 1. The summed E-state index contributed by atoms with van der Waals surface area (Å²) in [5, 5.41) is 19.6. The largest absolute Gasteiger partial charge is 0.733 e. The van der Waals surface area contributed by atoms with Gasteiger partial charge in [-0.2, -0.15) is 0 Å². The predicted molar refractivity (Wildman–Crippen MR) is 96.3 cm³/mol. The van der Waals surface area contributed by atoms with Crippen LogP contribution >= 0.6 is 27.7 Å². The third kappa shape index (κ3) is 5.36. The molecule has 0 amide bonds. The van der Waals surface area contributed by atoms with Crippen molar-refractivity contribution in [3.63, 3.8) is 0 Å². The van der Waals surface area contributed by atoms with E-state index in [0.29, 0.717) is 11.3 Å². The van der Waals surface area contributed by atoms with E-state index in [2.05, 4.69) is 20.9 Å². The Labute approximate surface area is 145 Å². The first kappa shape index (κ1) is 17.5. The number of amidine groups is 1. The summed E-state index contributed by atoms with van der Waals surface area (Å²) in [5.41, 5.74) is 6.84. The number of carbonyl (C=O) groups is 1. The Hall–Kier alpha value is -1.87. The molecule has 2 aromatic rings. The van der Waals surface area contributed by atoms with Gasteiger partial charge in [0, 0.05) is 10.0 Å². The van der Waals surface area contributed by atoms with E-state index in [4.69, 9.17) is 10.9 Å². The van der Waals surface area contributed by atoms with Crippen LogP contribution in [0.3, 0.4) is 0 Å². The number of halogens is 1. The molecule has 0 saturated carbocycles. The van der Waals surface area contributed by atoms with Crippen molar-refractivity contribution in [2.45, 2.75) is 0 Å². The summed E-state index contributed by atoms with van der Waals surface area (Å²) in [6.07, 6.45) is 0. The van der Waals surface area contributed by atoms with Crippen molar-refractivity contribution in [1.29, 1.82) is 0 Å². The van der Waals surface area contributed by atoms with Gasteiger partial charge < -0.3 is 16.2 Å². The zero-order chi connectivity index (χ0) is 16.8. The monoisotopic (exact) mass is 394 g/mol. The van der Waals surface area contributed by atoms with E-state index in [0.717, 1.165) is 16.2 Å². The zero-order valence-electron chi connectivity index (χ0n) is 11.8. The number of anilines is 1. The standard InChI is InChI=1S/C15H13BrN3O3S/c16-11-6-4-10(5-7-11)14(20)9-23-15(17)18-12-2-1-3-13(8-12)19(21)22/h1-8,21H,9H2,(H2,17,18)/q-1. The van der Waals surface area contributed by atoms with E-state index < -0.39 is 0 Å². The number of rotatable bonds is 5. The number of hydrogen-bond donors (Lipinski definition) is 2. The Balaban J connectivity index is 1.98. The second-order valence-corrected chi connectivity index (χ2v) is 6.37. The van der Waals surface area contributed by atoms with Gasteiger partial charge in [0.2, 0.25) is 0 Å². The quantitative estimate of drug-likeness (QED) is 0.346. The second kappa shape index (κ2) is 8.11. The number of Topliss-reactive ketones (excluding diaryl/α,β-unsaturated/α-hetero) is 1. The molecule has 0 fully saturated rings. The topological polar surface area (TPSA) is 102 Å². The van der Waals surface area contributed by atoms with Gasteiger partial charge in [-0.05, 0) is 30.3 Å². The van der Waals surface area contributed by atoms with Crippen molar-refractivity contribution in [3.05, 3.63) is 63.8 Å². The molecule has 0 atom stereocenters. The Morgan fingerprint density at radius 2 is 2.00 bits per heavy atom. The molecule has 8 heteroatoms. The highest BCUT2D eigenvalue weighted by atomic mass is 79.9. The fourth-order valence-corrected chi connectivity index (χ4v) is 2.58. The van der Waals surface area contributed by atoms with Gasteiger partial charge in [0.25, 0.3) is 0 Å².